The first-order valence-electron chi connectivity index (χ1n) is 8.16. The van der Waals surface area contributed by atoms with Crippen molar-refractivity contribution in [2.45, 2.75) is 20.1 Å². The van der Waals surface area contributed by atoms with Gasteiger partial charge in [0.2, 0.25) is 15.5 Å². The van der Waals surface area contributed by atoms with Crippen LogP contribution in [0.3, 0.4) is 0 Å². The smallest absolute Gasteiger partial charge is 0.223 e. The number of sulfonamides is 1. The highest BCUT2D eigenvalue weighted by atomic mass is 32.2. The van der Waals surface area contributed by atoms with Gasteiger partial charge in [0.25, 0.3) is 0 Å². The van der Waals surface area contributed by atoms with E-state index in [-0.39, 0.29) is 11.3 Å². The van der Waals surface area contributed by atoms with E-state index in [1.54, 1.807) is 6.20 Å². The van der Waals surface area contributed by atoms with E-state index in [1.165, 1.54) is 16.6 Å². The summed E-state index contributed by atoms with van der Waals surface area (Å²) in [5.41, 5.74) is 1.62. The van der Waals surface area contributed by atoms with Gasteiger partial charge in [-0.3, -0.25) is 4.79 Å². The molecule has 1 aliphatic heterocycles. The molecular weight excluding hydrogens is 340 g/mol. The lowest BCUT2D eigenvalue weighted by Crippen LogP contribution is -2.50. The number of ether oxygens (including phenoxy) is 1. The zero-order chi connectivity index (χ0) is 18.0. The summed E-state index contributed by atoms with van der Waals surface area (Å²) in [5.74, 6) is 0.601. The molecule has 0 unspecified atom stereocenters. The summed E-state index contributed by atoms with van der Waals surface area (Å²) in [6.07, 6.45) is 2.97. The Balaban J connectivity index is 1.69. The van der Waals surface area contributed by atoms with Crippen LogP contribution >= 0.6 is 0 Å². The zero-order valence-electron chi connectivity index (χ0n) is 14.4. The third-order valence-corrected chi connectivity index (χ3v) is 5.70. The Hall–Kier alpha value is -2.12. The number of pyridine rings is 1. The molecule has 2 heterocycles. The molecular formula is C18H22N2O4S. The molecule has 0 aliphatic carbocycles. The van der Waals surface area contributed by atoms with E-state index in [0.717, 1.165) is 11.3 Å². The molecule has 3 rings (SSSR count). The summed E-state index contributed by atoms with van der Waals surface area (Å²) in [6.45, 7) is 3.90. The second-order valence-corrected chi connectivity index (χ2v) is 8.45. The van der Waals surface area contributed by atoms with Crippen LogP contribution in [-0.4, -0.2) is 36.6 Å². The van der Waals surface area contributed by atoms with E-state index >= 15 is 0 Å². The average molecular weight is 362 g/mol. The summed E-state index contributed by atoms with van der Waals surface area (Å²) in [5, 5.41) is 0. The molecule has 25 heavy (non-hydrogen) atoms. The maximum Gasteiger partial charge on any atom is 0.223 e. The monoisotopic (exact) mass is 362 g/mol. The van der Waals surface area contributed by atoms with Crippen molar-refractivity contribution in [1.29, 1.82) is 0 Å². The fraction of sp³-hybridized carbons (Fsp3) is 0.389. The lowest BCUT2D eigenvalue weighted by molar-refractivity contribution is 0.179. The van der Waals surface area contributed by atoms with E-state index < -0.39 is 10.0 Å². The molecule has 0 spiro atoms. The van der Waals surface area contributed by atoms with E-state index in [1.807, 2.05) is 41.8 Å². The number of benzene rings is 1. The van der Waals surface area contributed by atoms with Gasteiger partial charge in [-0.05, 0) is 12.5 Å². The molecule has 0 atom stereocenters. The Morgan fingerprint density at radius 2 is 1.84 bits per heavy atom. The minimum atomic E-state index is -3.11. The van der Waals surface area contributed by atoms with Gasteiger partial charge in [0.05, 0.1) is 11.9 Å². The van der Waals surface area contributed by atoms with Gasteiger partial charge in [0, 0.05) is 37.8 Å². The van der Waals surface area contributed by atoms with Crippen LogP contribution in [0, 0.1) is 12.8 Å². The normalized spacial score (nSPS) is 15.8. The largest absolute Gasteiger partial charge is 0.483 e. The van der Waals surface area contributed by atoms with Crippen molar-refractivity contribution < 1.29 is 13.2 Å². The zero-order valence-corrected chi connectivity index (χ0v) is 15.2. The van der Waals surface area contributed by atoms with Gasteiger partial charge in [0.15, 0.2) is 5.75 Å². The highest BCUT2D eigenvalue weighted by Gasteiger charge is 2.33. The summed E-state index contributed by atoms with van der Waals surface area (Å²) >= 11 is 0. The first kappa shape index (κ1) is 17.7. The van der Waals surface area contributed by atoms with Crippen molar-refractivity contribution >= 4 is 10.0 Å². The predicted octanol–water partition coefficient (Wildman–Crippen LogP) is 1.63. The predicted molar refractivity (Wildman–Crippen MR) is 96.1 cm³/mol. The SMILES string of the molecule is Cc1c(OCc2ccccc2)c(=O)ccn1CC1CN(S(C)(=O)=O)C1. The van der Waals surface area contributed by atoms with Crippen LogP contribution in [0.25, 0.3) is 0 Å². The Morgan fingerprint density at radius 1 is 1.16 bits per heavy atom. The molecule has 0 bridgehead atoms. The number of rotatable bonds is 6. The van der Waals surface area contributed by atoms with E-state index in [0.29, 0.717) is 32.0 Å². The molecule has 6 nitrogen and oxygen atoms in total. The molecule has 2 aromatic rings. The van der Waals surface area contributed by atoms with Gasteiger partial charge in [-0.1, -0.05) is 30.3 Å². The first-order valence-corrected chi connectivity index (χ1v) is 10.0. The van der Waals surface area contributed by atoms with Crippen LogP contribution in [0.15, 0.2) is 47.4 Å². The van der Waals surface area contributed by atoms with Crippen molar-refractivity contribution in [3.8, 4) is 5.75 Å². The van der Waals surface area contributed by atoms with Gasteiger partial charge in [-0.25, -0.2) is 12.7 Å². The molecule has 1 aliphatic rings. The fourth-order valence-corrected chi connectivity index (χ4v) is 3.91. The van der Waals surface area contributed by atoms with E-state index in [4.69, 9.17) is 4.74 Å². The van der Waals surface area contributed by atoms with Crippen molar-refractivity contribution in [3.63, 3.8) is 0 Å². The maximum absolute atomic E-state index is 12.1. The third-order valence-electron chi connectivity index (χ3n) is 4.46. The lowest BCUT2D eigenvalue weighted by atomic mass is 10.0. The van der Waals surface area contributed by atoms with Crippen LogP contribution in [-0.2, 0) is 23.2 Å². The highest BCUT2D eigenvalue weighted by molar-refractivity contribution is 7.88. The Labute approximate surface area is 147 Å². The van der Waals surface area contributed by atoms with Gasteiger partial charge in [0.1, 0.15) is 6.61 Å². The van der Waals surface area contributed by atoms with Crippen molar-refractivity contribution in [2.75, 3.05) is 19.3 Å². The topological polar surface area (TPSA) is 68.6 Å². The quantitative estimate of drug-likeness (QED) is 0.783. The number of nitrogens with zero attached hydrogens (tertiary/aromatic N) is 2. The molecule has 1 aromatic heterocycles. The standard InChI is InChI=1S/C18H22N2O4S/c1-14-18(24-13-15-6-4-3-5-7-15)17(21)8-9-19(14)10-16-11-20(12-16)25(2,22)23/h3-9,16H,10-13H2,1-2H3. The van der Waals surface area contributed by atoms with Crippen LogP contribution < -0.4 is 10.2 Å². The molecule has 0 N–H and O–H groups in total. The summed E-state index contributed by atoms with van der Waals surface area (Å²) in [6, 6.07) is 11.2. The number of hydrogen-bond acceptors (Lipinski definition) is 4. The van der Waals surface area contributed by atoms with E-state index in [9.17, 15) is 13.2 Å². The average Bonchev–Trinajstić information content (AvgIpc) is 2.52. The lowest BCUT2D eigenvalue weighted by Gasteiger charge is -2.37. The molecule has 1 fully saturated rings. The Bertz CT molecular complexity index is 900. The van der Waals surface area contributed by atoms with Crippen molar-refractivity contribution in [3.05, 3.63) is 64.1 Å². The molecule has 1 aromatic carbocycles. The van der Waals surface area contributed by atoms with Gasteiger partial charge in [-0.2, -0.15) is 0 Å². The van der Waals surface area contributed by atoms with Crippen molar-refractivity contribution in [2.24, 2.45) is 5.92 Å². The molecule has 7 heteroatoms. The second kappa shape index (κ2) is 7.01. The molecule has 1 saturated heterocycles. The number of hydrogen-bond donors (Lipinski definition) is 0. The van der Waals surface area contributed by atoms with Crippen LogP contribution in [0.2, 0.25) is 0 Å². The Morgan fingerprint density at radius 3 is 2.48 bits per heavy atom. The number of aromatic nitrogens is 1. The van der Waals surface area contributed by atoms with Gasteiger partial charge >= 0.3 is 0 Å². The summed E-state index contributed by atoms with van der Waals surface area (Å²) < 4.78 is 32.1. The summed E-state index contributed by atoms with van der Waals surface area (Å²) in [4.78, 5) is 12.1. The van der Waals surface area contributed by atoms with Crippen LogP contribution in [0.1, 0.15) is 11.3 Å². The van der Waals surface area contributed by atoms with Crippen LogP contribution in [0.5, 0.6) is 5.75 Å². The Kier molecular flexibility index (Phi) is 4.96. The molecule has 134 valence electrons. The minimum absolute atomic E-state index is 0.143. The first-order chi connectivity index (χ1) is 11.8. The van der Waals surface area contributed by atoms with Gasteiger partial charge < -0.3 is 9.30 Å². The fourth-order valence-electron chi connectivity index (χ4n) is 2.94. The van der Waals surface area contributed by atoms with Gasteiger partial charge in [-0.15, -0.1) is 0 Å². The van der Waals surface area contributed by atoms with E-state index in [2.05, 4.69) is 0 Å². The molecule has 0 saturated carbocycles. The molecule has 0 radical (unpaired) electrons. The second-order valence-electron chi connectivity index (χ2n) is 6.47. The summed E-state index contributed by atoms with van der Waals surface area (Å²) in [7, 11) is -3.11. The van der Waals surface area contributed by atoms with Crippen molar-refractivity contribution in [1.82, 2.24) is 8.87 Å². The highest BCUT2D eigenvalue weighted by Crippen LogP contribution is 2.22. The minimum Gasteiger partial charge on any atom is -0.483 e. The third kappa shape index (κ3) is 4.11. The van der Waals surface area contributed by atoms with Crippen LogP contribution in [0.4, 0.5) is 0 Å². The maximum atomic E-state index is 12.1. The molecule has 0 amide bonds.